The van der Waals surface area contributed by atoms with Gasteiger partial charge in [-0.3, -0.25) is 4.52 Å². The van der Waals surface area contributed by atoms with E-state index < -0.39 is 5.41 Å². The summed E-state index contributed by atoms with van der Waals surface area (Å²) >= 11 is 0. The fraction of sp³-hybridized carbons (Fsp3) is 0.769. The van der Waals surface area contributed by atoms with E-state index in [9.17, 15) is 5.11 Å². The van der Waals surface area contributed by atoms with Gasteiger partial charge in [0.1, 0.15) is 12.1 Å². The molecule has 1 saturated heterocycles. The molecule has 7 heteroatoms. The minimum Gasteiger partial charge on any atom is -0.861 e. The molecule has 112 valence electrons. The van der Waals surface area contributed by atoms with Crippen molar-refractivity contribution in [3.05, 3.63) is 6.20 Å². The smallest absolute Gasteiger partial charge is 0.324 e. The van der Waals surface area contributed by atoms with E-state index in [0.717, 1.165) is 0 Å². The lowest BCUT2D eigenvalue weighted by atomic mass is 9.97. The average Bonchev–Trinajstić information content (AvgIpc) is 2.75. The molecule has 1 aromatic heterocycles. The lowest BCUT2D eigenvalue weighted by Gasteiger charge is -2.35. The highest BCUT2D eigenvalue weighted by molar-refractivity contribution is 5.79. The number of hydrogen-bond donors (Lipinski definition) is 0. The van der Waals surface area contributed by atoms with Gasteiger partial charge in [0.2, 0.25) is 5.27 Å². The third kappa shape index (κ3) is 3.09. The molecule has 0 aromatic carbocycles. The van der Waals surface area contributed by atoms with Crippen molar-refractivity contribution in [2.24, 2.45) is 10.4 Å². The van der Waals surface area contributed by atoms with Crippen molar-refractivity contribution in [3.8, 4) is 0 Å². The Labute approximate surface area is 118 Å². The normalized spacial score (nSPS) is 20.2. The zero-order valence-electron chi connectivity index (χ0n) is 12.7. The van der Waals surface area contributed by atoms with Gasteiger partial charge in [0.25, 0.3) is 6.20 Å². The predicted octanol–water partition coefficient (Wildman–Crippen LogP) is 0.145. The first kappa shape index (κ1) is 14.8. The molecule has 1 aliphatic rings. The van der Waals surface area contributed by atoms with Gasteiger partial charge in [-0.2, -0.15) is 0 Å². The molecule has 0 unspecified atom stereocenters. The van der Waals surface area contributed by atoms with Gasteiger partial charge >= 0.3 is 5.88 Å². The van der Waals surface area contributed by atoms with Crippen LogP contribution in [0.15, 0.2) is 15.7 Å². The van der Waals surface area contributed by atoms with Gasteiger partial charge in [-0.05, 0) is 25.2 Å². The number of aromatic nitrogens is 2. The van der Waals surface area contributed by atoms with E-state index >= 15 is 0 Å². The van der Waals surface area contributed by atoms with E-state index in [2.05, 4.69) is 24.1 Å². The minimum absolute atomic E-state index is 0.189. The zero-order chi connectivity index (χ0) is 15.0. The molecule has 2 heterocycles. The Morgan fingerprint density at radius 1 is 1.50 bits per heavy atom. The van der Waals surface area contributed by atoms with Gasteiger partial charge in [0, 0.05) is 0 Å². The van der Waals surface area contributed by atoms with Gasteiger partial charge in [0.05, 0.1) is 18.0 Å². The predicted molar refractivity (Wildman–Crippen MR) is 71.2 cm³/mol. The van der Waals surface area contributed by atoms with Crippen molar-refractivity contribution in [1.29, 1.82) is 0 Å². The zero-order valence-corrected chi connectivity index (χ0v) is 12.7. The number of hydrogen-bond acceptors (Lipinski definition) is 6. The van der Waals surface area contributed by atoms with Crippen LogP contribution >= 0.6 is 0 Å². The maximum Gasteiger partial charge on any atom is 0.324 e. The van der Waals surface area contributed by atoms with Gasteiger partial charge in [-0.15, -0.1) is 5.01 Å². The Morgan fingerprint density at radius 2 is 2.20 bits per heavy atom. The summed E-state index contributed by atoms with van der Waals surface area (Å²) in [7, 11) is 0. The number of nitrogens with zero attached hydrogens (tertiary/aromatic N) is 4. The van der Waals surface area contributed by atoms with Crippen LogP contribution in [0.3, 0.4) is 0 Å². The van der Waals surface area contributed by atoms with Gasteiger partial charge < -0.3 is 9.84 Å². The highest BCUT2D eigenvalue weighted by Gasteiger charge is 2.38. The lowest BCUT2D eigenvalue weighted by Crippen LogP contribution is -2.71. The Morgan fingerprint density at radius 3 is 2.80 bits per heavy atom. The number of morpholine rings is 1. The van der Waals surface area contributed by atoms with Crippen molar-refractivity contribution >= 4 is 11.8 Å². The summed E-state index contributed by atoms with van der Waals surface area (Å²) < 4.78 is 10.6. The summed E-state index contributed by atoms with van der Waals surface area (Å²) in [5, 5.41) is 17.8. The van der Waals surface area contributed by atoms with E-state index in [1.54, 1.807) is 11.0 Å². The van der Waals surface area contributed by atoms with E-state index in [4.69, 9.17) is 9.26 Å². The second-order valence-electron chi connectivity index (χ2n) is 6.62. The molecular weight excluding hydrogens is 260 g/mol. The Hall–Kier alpha value is -1.63. The molecule has 20 heavy (non-hydrogen) atoms. The third-order valence-electron chi connectivity index (χ3n) is 3.15. The van der Waals surface area contributed by atoms with Gasteiger partial charge in [-0.25, -0.2) is 4.99 Å². The van der Waals surface area contributed by atoms with Gasteiger partial charge in [0.15, 0.2) is 0 Å². The molecule has 1 fully saturated rings. The summed E-state index contributed by atoms with van der Waals surface area (Å²) in [4.78, 5) is 5.54. The Balaban J connectivity index is 2.21. The number of rotatable bonds is 2. The maximum absolute atomic E-state index is 11.8. The van der Waals surface area contributed by atoms with E-state index in [1.807, 2.05) is 25.8 Å². The molecule has 0 N–H and O–H groups in total. The van der Waals surface area contributed by atoms with Crippen molar-refractivity contribution in [2.45, 2.75) is 40.2 Å². The maximum atomic E-state index is 11.8. The van der Waals surface area contributed by atoms with Crippen molar-refractivity contribution in [2.75, 3.05) is 24.8 Å². The summed E-state index contributed by atoms with van der Waals surface area (Å²) in [5.41, 5.74) is -0.721. The van der Waals surface area contributed by atoms with E-state index in [0.29, 0.717) is 19.8 Å². The Bertz CT molecular complexity index is 502. The topological polar surface area (TPSA) is 77.8 Å². The van der Waals surface area contributed by atoms with Crippen LogP contribution in [-0.4, -0.2) is 36.5 Å². The molecule has 7 nitrogen and oxygen atoms in total. The second kappa shape index (κ2) is 5.05. The molecule has 0 spiro atoms. The van der Waals surface area contributed by atoms with Crippen molar-refractivity contribution < 1.29 is 19.2 Å². The highest BCUT2D eigenvalue weighted by atomic mass is 16.5. The van der Waals surface area contributed by atoms with Crippen LogP contribution in [-0.2, 0) is 4.74 Å². The van der Waals surface area contributed by atoms with Crippen LogP contribution in [0, 0.1) is 5.41 Å². The van der Waals surface area contributed by atoms with E-state index in [-0.39, 0.29) is 17.3 Å². The van der Waals surface area contributed by atoms with Gasteiger partial charge in [-0.1, -0.05) is 20.8 Å². The first-order valence-electron chi connectivity index (χ1n) is 6.71. The third-order valence-corrected chi connectivity index (χ3v) is 3.15. The minimum atomic E-state index is -0.532. The molecule has 0 aliphatic carbocycles. The molecule has 0 radical (unpaired) electrons. The number of aliphatic imine (C=N–C) groups is 1. The van der Waals surface area contributed by atoms with Crippen LogP contribution in [0.2, 0.25) is 0 Å². The molecule has 0 saturated carbocycles. The molecule has 0 bridgehead atoms. The summed E-state index contributed by atoms with van der Waals surface area (Å²) in [6, 6.07) is 0. The molecule has 1 aliphatic heterocycles. The SMILES string of the molecule is CC(C)(C)C([O-])=Nc1c[n+](N2CCOCC2(C)C)no1. The summed E-state index contributed by atoms with van der Waals surface area (Å²) in [5.74, 6) is -0.0192. The molecule has 0 atom stereocenters. The molecular formula is C13H22N4O3. The fourth-order valence-electron chi connectivity index (χ4n) is 1.89. The van der Waals surface area contributed by atoms with Crippen LogP contribution in [0.5, 0.6) is 0 Å². The second-order valence-corrected chi connectivity index (χ2v) is 6.62. The van der Waals surface area contributed by atoms with Crippen LogP contribution in [0.4, 0.5) is 5.88 Å². The fourth-order valence-corrected chi connectivity index (χ4v) is 1.89. The van der Waals surface area contributed by atoms with Crippen LogP contribution in [0.1, 0.15) is 34.6 Å². The quantitative estimate of drug-likeness (QED) is 0.438. The van der Waals surface area contributed by atoms with Crippen molar-refractivity contribution in [1.82, 2.24) is 5.27 Å². The molecule has 2 rings (SSSR count). The first-order valence-corrected chi connectivity index (χ1v) is 6.71. The Kier molecular flexibility index (Phi) is 3.73. The number of ether oxygens (including phenoxy) is 1. The summed E-state index contributed by atoms with van der Waals surface area (Å²) in [6.45, 7) is 11.5. The van der Waals surface area contributed by atoms with Crippen molar-refractivity contribution in [3.63, 3.8) is 0 Å². The first-order chi connectivity index (χ1) is 9.20. The van der Waals surface area contributed by atoms with Crippen LogP contribution < -0.4 is 14.9 Å². The van der Waals surface area contributed by atoms with Crippen LogP contribution in [0.25, 0.3) is 0 Å². The monoisotopic (exact) mass is 282 g/mol. The van der Waals surface area contributed by atoms with E-state index in [1.165, 1.54) is 0 Å². The highest BCUT2D eigenvalue weighted by Crippen LogP contribution is 2.18. The summed E-state index contributed by atoms with van der Waals surface area (Å²) in [6.07, 6.45) is 1.62. The molecule has 1 aromatic rings. The average molecular weight is 282 g/mol. The standard InChI is InChI=1S/C13H22N4O3/c1-12(2,3)11(18)14-10-8-17(15-20-10)16-6-7-19-9-13(16,4)5/h8H,6-7,9H2,1-5H3. The molecule has 0 amide bonds. The lowest BCUT2D eigenvalue weighted by molar-refractivity contribution is -0.767. The largest absolute Gasteiger partial charge is 0.861 e.